The SMILES string of the molecule is CN=C(NCC(=O)NC(C)(C)C)NCc1cn2ccc(C)cc2n1. The van der Waals surface area contributed by atoms with Crippen molar-refractivity contribution >= 4 is 17.5 Å². The van der Waals surface area contributed by atoms with E-state index in [2.05, 4.69) is 25.9 Å². The molecule has 0 aliphatic rings. The summed E-state index contributed by atoms with van der Waals surface area (Å²) < 4.78 is 1.98. The highest BCUT2D eigenvalue weighted by molar-refractivity contribution is 5.86. The number of carbonyl (C=O) groups excluding carboxylic acids is 1. The number of nitrogens with zero attached hydrogens (tertiary/aromatic N) is 3. The van der Waals surface area contributed by atoms with E-state index in [-0.39, 0.29) is 18.0 Å². The van der Waals surface area contributed by atoms with Gasteiger partial charge in [-0.1, -0.05) is 0 Å². The van der Waals surface area contributed by atoms with Crippen LogP contribution < -0.4 is 16.0 Å². The molecule has 0 saturated heterocycles. The van der Waals surface area contributed by atoms with E-state index in [9.17, 15) is 4.79 Å². The largest absolute Gasteiger partial charge is 0.351 e. The number of nitrogens with one attached hydrogen (secondary N) is 3. The average Bonchev–Trinajstić information content (AvgIpc) is 2.87. The fourth-order valence-electron chi connectivity index (χ4n) is 2.24. The molecule has 2 rings (SSSR count). The molecule has 7 heteroatoms. The number of rotatable bonds is 4. The van der Waals surface area contributed by atoms with Gasteiger partial charge in [-0.2, -0.15) is 0 Å². The van der Waals surface area contributed by atoms with E-state index < -0.39 is 0 Å². The van der Waals surface area contributed by atoms with Crippen molar-refractivity contribution in [3.8, 4) is 0 Å². The fourth-order valence-corrected chi connectivity index (χ4v) is 2.24. The minimum absolute atomic E-state index is 0.0753. The van der Waals surface area contributed by atoms with Gasteiger partial charge < -0.3 is 20.4 Å². The second-order valence-electron chi connectivity index (χ2n) is 6.78. The number of amides is 1. The van der Waals surface area contributed by atoms with Gasteiger partial charge in [-0.05, 0) is 45.4 Å². The molecule has 0 saturated carbocycles. The lowest BCUT2D eigenvalue weighted by atomic mass is 10.1. The number of hydrogen-bond acceptors (Lipinski definition) is 3. The summed E-state index contributed by atoms with van der Waals surface area (Å²) in [4.78, 5) is 20.5. The quantitative estimate of drug-likeness (QED) is 0.581. The van der Waals surface area contributed by atoms with Crippen LogP contribution in [-0.2, 0) is 11.3 Å². The van der Waals surface area contributed by atoms with Crippen molar-refractivity contribution in [3.63, 3.8) is 0 Å². The highest BCUT2D eigenvalue weighted by Crippen LogP contribution is 2.07. The molecule has 0 aliphatic heterocycles. The molecule has 130 valence electrons. The van der Waals surface area contributed by atoms with E-state index in [1.54, 1.807) is 7.05 Å². The Labute approximate surface area is 142 Å². The topological polar surface area (TPSA) is 82.8 Å². The molecule has 0 aromatic carbocycles. The van der Waals surface area contributed by atoms with Crippen LogP contribution in [0.3, 0.4) is 0 Å². The summed E-state index contributed by atoms with van der Waals surface area (Å²) in [7, 11) is 1.67. The Morgan fingerprint density at radius 1 is 1.33 bits per heavy atom. The van der Waals surface area contributed by atoms with E-state index >= 15 is 0 Å². The first kappa shape index (κ1) is 17.8. The molecule has 0 fully saturated rings. The highest BCUT2D eigenvalue weighted by atomic mass is 16.2. The van der Waals surface area contributed by atoms with Crippen LogP contribution >= 0.6 is 0 Å². The summed E-state index contributed by atoms with van der Waals surface area (Å²) in [5.41, 5.74) is 2.75. The number of carbonyl (C=O) groups is 1. The Morgan fingerprint density at radius 2 is 2.08 bits per heavy atom. The number of aryl methyl sites for hydroxylation is 1. The van der Waals surface area contributed by atoms with E-state index in [1.165, 1.54) is 5.56 Å². The average molecular weight is 330 g/mol. The summed E-state index contributed by atoms with van der Waals surface area (Å²) in [6.07, 6.45) is 3.96. The van der Waals surface area contributed by atoms with Crippen molar-refractivity contribution in [1.29, 1.82) is 0 Å². The summed E-state index contributed by atoms with van der Waals surface area (Å²) in [6.45, 7) is 8.58. The molecule has 7 nitrogen and oxygen atoms in total. The van der Waals surface area contributed by atoms with Gasteiger partial charge in [0.15, 0.2) is 5.96 Å². The summed E-state index contributed by atoms with van der Waals surface area (Å²) in [5, 5.41) is 9.06. The van der Waals surface area contributed by atoms with E-state index in [4.69, 9.17) is 0 Å². The van der Waals surface area contributed by atoms with Gasteiger partial charge in [0.1, 0.15) is 5.65 Å². The zero-order chi connectivity index (χ0) is 17.7. The standard InChI is InChI=1S/C17H26N6O/c1-12-6-7-23-11-13(21-14(23)8-12)9-19-16(18-5)20-10-15(24)22-17(2,3)4/h6-8,11H,9-10H2,1-5H3,(H,22,24)(H2,18,19,20). The first-order valence-corrected chi connectivity index (χ1v) is 7.96. The molecule has 0 radical (unpaired) electrons. The minimum Gasteiger partial charge on any atom is -0.351 e. The molecular weight excluding hydrogens is 304 g/mol. The number of fused-ring (bicyclic) bond motifs is 1. The van der Waals surface area contributed by atoms with Gasteiger partial charge in [-0.3, -0.25) is 9.79 Å². The van der Waals surface area contributed by atoms with Crippen molar-refractivity contribution in [1.82, 2.24) is 25.3 Å². The predicted molar refractivity (Wildman–Crippen MR) is 96.0 cm³/mol. The molecule has 3 N–H and O–H groups in total. The third-order valence-electron chi connectivity index (χ3n) is 3.26. The zero-order valence-corrected chi connectivity index (χ0v) is 15.0. The molecule has 0 aliphatic carbocycles. The number of aliphatic imine (C=N–C) groups is 1. The number of guanidine groups is 1. The lowest BCUT2D eigenvalue weighted by Gasteiger charge is -2.21. The molecular formula is C17H26N6O. The molecule has 1 amide bonds. The smallest absolute Gasteiger partial charge is 0.239 e. The van der Waals surface area contributed by atoms with Crippen LogP contribution in [0.2, 0.25) is 0 Å². The molecule has 0 bridgehead atoms. The maximum Gasteiger partial charge on any atom is 0.239 e. The van der Waals surface area contributed by atoms with E-state index in [0.29, 0.717) is 12.5 Å². The van der Waals surface area contributed by atoms with Gasteiger partial charge in [0.25, 0.3) is 0 Å². The Balaban J connectivity index is 1.87. The van der Waals surface area contributed by atoms with E-state index in [0.717, 1.165) is 11.3 Å². The van der Waals surface area contributed by atoms with Gasteiger partial charge >= 0.3 is 0 Å². The number of pyridine rings is 1. The molecule has 24 heavy (non-hydrogen) atoms. The second kappa shape index (κ2) is 7.33. The Kier molecular flexibility index (Phi) is 5.43. The third kappa shape index (κ3) is 5.26. The monoisotopic (exact) mass is 330 g/mol. The van der Waals surface area contributed by atoms with Crippen molar-refractivity contribution < 1.29 is 4.79 Å². The lowest BCUT2D eigenvalue weighted by molar-refractivity contribution is -0.121. The molecule has 2 aromatic heterocycles. The van der Waals surface area contributed by atoms with Crippen LogP contribution in [0.4, 0.5) is 0 Å². The van der Waals surface area contributed by atoms with Crippen LogP contribution in [0, 0.1) is 6.92 Å². The molecule has 0 atom stereocenters. The van der Waals surface area contributed by atoms with Crippen molar-refractivity contribution in [2.24, 2.45) is 4.99 Å². The summed E-state index contributed by atoms with van der Waals surface area (Å²) in [6, 6.07) is 4.08. The summed E-state index contributed by atoms with van der Waals surface area (Å²) in [5.74, 6) is 0.487. The molecule has 2 aromatic rings. The van der Waals surface area contributed by atoms with Crippen LogP contribution in [-0.4, -0.2) is 40.4 Å². The van der Waals surface area contributed by atoms with E-state index in [1.807, 2.05) is 56.6 Å². The maximum absolute atomic E-state index is 11.8. The van der Waals surface area contributed by atoms with Crippen LogP contribution in [0.1, 0.15) is 32.0 Å². The normalized spacial score (nSPS) is 12.3. The summed E-state index contributed by atoms with van der Waals surface area (Å²) >= 11 is 0. The van der Waals surface area contributed by atoms with Crippen molar-refractivity contribution in [3.05, 3.63) is 35.8 Å². The number of hydrogen-bond donors (Lipinski definition) is 3. The van der Waals surface area contributed by atoms with Crippen LogP contribution in [0.15, 0.2) is 29.5 Å². The second-order valence-corrected chi connectivity index (χ2v) is 6.78. The molecule has 2 heterocycles. The lowest BCUT2D eigenvalue weighted by Crippen LogP contribution is -2.48. The Hall–Kier alpha value is -2.57. The predicted octanol–water partition coefficient (Wildman–Crippen LogP) is 1.22. The first-order valence-electron chi connectivity index (χ1n) is 7.96. The van der Waals surface area contributed by atoms with Gasteiger partial charge in [-0.15, -0.1) is 0 Å². The molecule has 0 unspecified atom stereocenters. The Morgan fingerprint density at radius 3 is 2.75 bits per heavy atom. The van der Waals surface area contributed by atoms with Crippen LogP contribution in [0.25, 0.3) is 5.65 Å². The Bertz CT molecular complexity index is 741. The van der Waals surface area contributed by atoms with Gasteiger partial charge in [0.05, 0.1) is 18.8 Å². The zero-order valence-electron chi connectivity index (χ0n) is 15.0. The van der Waals surface area contributed by atoms with Gasteiger partial charge in [0, 0.05) is 25.0 Å². The maximum atomic E-state index is 11.8. The van der Waals surface area contributed by atoms with Gasteiger partial charge in [-0.25, -0.2) is 4.98 Å². The van der Waals surface area contributed by atoms with Crippen LogP contribution in [0.5, 0.6) is 0 Å². The number of aromatic nitrogens is 2. The van der Waals surface area contributed by atoms with Crippen molar-refractivity contribution in [2.45, 2.75) is 39.8 Å². The minimum atomic E-state index is -0.246. The van der Waals surface area contributed by atoms with Crippen molar-refractivity contribution in [2.75, 3.05) is 13.6 Å². The third-order valence-corrected chi connectivity index (χ3v) is 3.26. The number of imidazole rings is 1. The highest BCUT2D eigenvalue weighted by Gasteiger charge is 2.13. The van der Waals surface area contributed by atoms with Gasteiger partial charge in [0.2, 0.25) is 5.91 Å². The molecule has 0 spiro atoms. The fraction of sp³-hybridized carbons (Fsp3) is 0.471. The first-order chi connectivity index (χ1) is 11.3.